The Hall–Kier alpha value is -0.750. The average Bonchev–Trinajstić information content (AvgIpc) is 2.51. The summed E-state index contributed by atoms with van der Waals surface area (Å²) >= 11 is 4.02. The molecule has 0 atom stereocenters. The van der Waals surface area contributed by atoms with E-state index in [1.54, 1.807) is 0 Å². The highest BCUT2D eigenvalue weighted by Gasteiger charge is 2.11. The number of carbonyl (C=O) groups is 2. The Bertz CT molecular complexity index is 323. The Morgan fingerprint density at radius 3 is 2.75 bits per heavy atom. The van der Waals surface area contributed by atoms with E-state index in [1.165, 1.54) is 6.20 Å². The molecular weight excluding hydrogens is 244 g/mol. The lowest BCUT2D eigenvalue weighted by atomic mass is 10.4. The summed E-state index contributed by atoms with van der Waals surface area (Å²) in [5.41, 5.74) is 4.95. The molecule has 0 saturated heterocycles. The number of hydrogen-bond acceptors (Lipinski definition) is 4. The summed E-state index contributed by atoms with van der Waals surface area (Å²) in [5.74, 6) is -0.700. The third-order valence-corrected chi connectivity index (χ3v) is 2.67. The summed E-state index contributed by atoms with van der Waals surface area (Å²) in [6, 6.07) is 0. The highest BCUT2D eigenvalue weighted by atomic mass is 79.9. The normalized spacial score (nSPS) is 9.75. The Balaban J connectivity index is 2.91. The van der Waals surface area contributed by atoms with Gasteiger partial charge in [-0.2, -0.15) is 0 Å². The number of amides is 1. The minimum atomic E-state index is -0.603. The van der Waals surface area contributed by atoms with E-state index in [4.69, 9.17) is 5.73 Å². The fraction of sp³-hybridized carbons (Fsp3) is 0.167. The molecule has 0 radical (unpaired) electrons. The molecule has 1 heterocycles. The van der Waals surface area contributed by atoms with Crippen molar-refractivity contribution in [3.8, 4) is 0 Å². The summed E-state index contributed by atoms with van der Waals surface area (Å²) in [6.07, 6.45) is 1.36. The van der Waals surface area contributed by atoms with Gasteiger partial charge in [0.2, 0.25) is 0 Å². The van der Waals surface area contributed by atoms with Gasteiger partial charge in [0.1, 0.15) is 0 Å². The number of carbonyl (C=O) groups excluding carboxylic acids is 2. The summed E-state index contributed by atoms with van der Waals surface area (Å²) < 4.78 is 0. The van der Waals surface area contributed by atoms with Gasteiger partial charge < -0.3 is 5.73 Å². The van der Waals surface area contributed by atoms with Crippen molar-refractivity contribution in [1.82, 2.24) is 4.98 Å². The van der Waals surface area contributed by atoms with Gasteiger partial charge in [0, 0.05) is 6.20 Å². The highest BCUT2D eigenvalue weighted by molar-refractivity contribution is 9.09. The van der Waals surface area contributed by atoms with Crippen molar-refractivity contribution in [3.05, 3.63) is 16.1 Å². The van der Waals surface area contributed by atoms with Crippen LogP contribution in [0.2, 0.25) is 0 Å². The Kier molecular flexibility index (Phi) is 2.93. The lowest BCUT2D eigenvalue weighted by Crippen LogP contribution is -2.09. The molecule has 0 bridgehead atoms. The predicted octanol–water partition coefficient (Wildman–Crippen LogP) is 0.820. The number of alkyl halides is 1. The summed E-state index contributed by atoms with van der Waals surface area (Å²) in [7, 11) is 0. The average molecular weight is 249 g/mol. The SMILES string of the molecule is NC(=O)c1ncc(C(=O)CBr)s1. The smallest absolute Gasteiger partial charge is 0.277 e. The molecule has 0 spiro atoms. The number of halogens is 1. The van der Waals surface area contributed by atoms with Crippen LogP contribution in [0.3, 0.4) is 0 Å². The lowest BCUT2D eigenvalue weighted by molar-refractivity contribution is 0.0997. The van der Waals surface area contributed by atoms with Crippen LogP contribution in [0.5, 0.6) is 0 Å². The maximum absolute atomic E-state index is 11.0. The van der Waals surface area contributed by atoms with Gasteiger partial charge in [0.05, 0.1) is 10.2 Å². The minimum Gasteiger partial charge on any atom is -0.364 e. The third-order valence-electron chi connectivity index (χ3n) is 1.11. The van der Waals surface area contributed by atoms with Crippen LogP contribution in [0.15, 0.2) is 6.20 Å². The van der Waals surface area contributed by atoms with Crippen LogP contribution in [0, 0.1) is 0 Å². The zero-order valence-electron chi connectivity index (χ0n) is 5.91. The van der Waals surface area contributed by atoms with Crippen LogP contribution < -0.4 is 5.73 Å². The van der Waals surface area contributed by atoms with Crippen LogP contribution in [0.25, 0.3) is 0 Å². The van der Waals surface area contributed by atoms with Crippen molar-refractivity contribution in [2.75, 3.05) is 5.33 Å². The standard InChI is InChI=1S/C6H5BrN2O2S/c7-1-3(10)4-2-9-6(12-4)5(8)11/h2H,1H2,(H2,8,11). The van der Waals surface area contributed by atoms with Gasteiger partial charge in [0.25, 0.3) is 5.91 Å². The molecule has 0 aliphatic rings. The van der Waals surface area contributed by atoms with E-state index in [0.717, 1.165) is 11.3 Å². The van der Waals surface area contributed by atoms with Crippen molar-refractivity contribution in [3.63, 3.8) is 0 Å². The van der Waals surface area contributed by atoms with Gasteiger partial charge in [-0.3, -0.25) is 9.59 Å². The van der Waals surface area contributed by atoms with Gasteiger partial charge in [-0.15, -0.1) is 11.3 Å². The van der Waals surface area contributed by atoms with Gasteiger partial charge in [-0.1, -0.05) is 15.9 Å². The molecule has 2 N–H and O–H groups in total. The number of Topliss-reactive ketones (excluding diaryl/α,β-unsaturated/α-hetero) is 1. The van der Waals surface area contributed by atoms with Crippen LogP contribution in [-0.4, -0.2) is 22.0 Å². The number of nitrogens with two attached hydrogens (primary N) is 1. The number of rotatable bonds is 3. The van der Waals surface area contributed by atoms with E-state index >= 15 is 0 Å². The Morgan fingerprint density at radius 1 is 1.67 bits per heavy atom. The molecule has 0 unspecified atom stereocenters. The maximum atomic E-state index is 11.0. The van der Waals surface area contributed by atoms with E-state index < -0.39 is 5.91 Å². The Labute approximate surface area is 80.9 Å². The molecule has 0 aliphatic carbocycles. The van der Waals surface area contributed by atoms with Crippen LogP contribution in [-0.2, 0) is 0 Å². The quantitative estimate of drug-likeness (QED) is 0.636. The first kappa shape index (κ1) is 9.34. The zero-order valence-corrected chi connectivity index (χ0v) is 8.31. The lowest BCUT2D eigenvalue weighted by Gasteiger charge is -1.85. The molecule has 12 heavy (non-hydrogen) atoms. The summed E-state index contributed by atoms with van der Waals surface area (Å²) in [5, 5.41) is 0.396. The van der Waals surface area contributed by atoms with Gasteiger partial charge >= 0.3 is 0 Å². The zero-order chi connectivity index (χ0) is 9.14. The number of primary amides is 1. The second kappa shape index (κ2) is 3.77. The molecule has 1 amide bonds. The molecule has 0 fully saturated rings. The van der Waals surface area contributed by atoms with Crippen LogP contribution in [0.1, 0.15) is 19.5 Å². The predicted molar refractivity (Wildman–Crippen MR) is 48.8 cm³/mol. The van der Waals surface area contributed by atoms with E-state index in [1.807, 2.05) is 0 Å². The van der Waals surface area contributed by atoms with Crippen LogP contribution >= 0.6 is 27.3 Å². The Morgan fingerprint density at radius 2 is 2.33 bits per heavy atom. The topological polar surface area (TPSA) is 73.1 Å². The largest absolute Gasteiger partial charge is 0.364 e. The first-order chi connectivity index (χ1) is 5.65. The van der Waals surface area contributed by atoms with Crippen molar-refractivity contribution in [1.29, 1.82) is 0 Å². The summed E-state index contributed by atoms with van der Waals surface area (Å²) in [6.45, 7) is 0. The first-order valence-electron chi connectivity index (χ1n) is 3.00. The molecule has 6 heteroatoms. The van der Waals surface area contributed by atoms with E-state index in [2.05, 4.69) is 20.9 Å². The molecule has 4 nitrogen and oxygen atoms in total. The number of ketones is 1. The highest BCUT2D eigenvalue weighted by Crippen LogP contribution is 2.13. The molecule has 0 aromatic carbocycles. The maximum Gasteiger partial charge on any atom is 0.277 e. The number of thiazole rings is 1. The minimum absolute atomic E-state index is 0.0972. The fourth-order valence-electron chi connectivity index (χ4n) is 0.583. The summed E-state index contributed by atoms with van der Waals surface area (Å²) in [4.78, 5) is 25.7. The van der Waals surface area contributed by atoms with E-state index in [9.17, 15) is 9.59 Å². The first-order valence-corrected chi connectivity index (χ1v) is 4.93. The number of nitrogens with zero attached hydrogens (tertiary/aromatic N) is 1. The molecular formula is C6H5BrN2O2S. The second-order valence-corrected chi connectivity index (χ2v) is 3.54. The van der Waals surface area contributed by atoms with Crippen LogP contribution in [0.4, 0.5) is 0 Å². The van der Waals surface area contributed by atoms with Crippen molar-refractivity contribution >= 4 is 39.0 Å². The fourth-order valence-corrected chi connectivity index (χ4v) is 1.78. The number of aromatic nitrogens is 1. The number of hydrogen-bond donors (Lipinski definition) is 1. The monoisotopic (exact) mass is 248 g/mol. The molecule has 1 aromatic rings. The third kappa shape index (κ3) is 1.89. The van der Waals surface area contributed by atoms with Crippen molar-refractivity contribution < 1.29 is 9.59 Å². The van der Waals surface area contributed by atoms with E-state index in [-0.39, 0.29) is 16.1 Å². The van der Waals surface area contributed by atoms with Gasteiger partial charge in [-0.25, -0.2) is 4.98 Å². The molecule has 0 aliphatic heterocycles. The van der Waals surface area contributed by atoms with Crippen molar-refractivity contribution in [2.24, 2.45) is 5.73 Å². The molecule has 1 rings (SSSR count). The molecule has 0 saturated carbocycles. The molecule has 1 aromatic heterocycles. The second-order valence-electron chi connectivity index (χ2n) is 1.95. The molecule has 64 valence electrons. The van der Waals surface area contributed by atoms with Gasteiger partial charge in [0.15, 0.2) is 10.8 Å². The van der Waals surface area contributed by atoms with Gasteiger partial charge in [-0.05, 0) is 0 Å². The van der Waals surface area contributed by atoms with Crippen molar-refractivity contribution in [2.45, 2.75) is 0 Å². The van der Waals surface area contributed by atoms with E-state index in [0.29, 0.717) is 4.88 Å².